The molecule has 2 heterocycles. The lowest BCUT2D eigenvalue weighted by molar-refractivity contribution is -0.113. The van der Waals surface area contributed by atoms with Crippen LogP contribution in [0.5, 0.6) is 0 Å². The van der Waals surface area contributed by atoms with Crippen LogP contribution in [0.1, 0.15) is 5.69 Å². The maximum absolute atomic E-state index is 13.3. The number of carbonyl (C=O) groups excluding carboxylic acids is 1. The molecule has 2 aromatic heterocycles. The summed E-state index contributed by atoms with van der Waals surface area (Å²) in [5.41, 5.74) is 3.38. The van der Waals surface area contributed by atoms with Gasteiger partial charge >= 0.3 is 0 Å². The van der Waals surface area contributed by atoms with E-state index in [9.17, 15) is 9.18 Å². The summed E-state index contributed by atoms with van der Waals surface area (Å²) < 4.78 is 15.3. The van der Waals surface area contributed by atoms with E-state index in [-0.39, 0.29) is 17.5 Å². The Bertz CT molecular complexity index is 1220. The molecule has 1 amide bonds. The van der Waals surface area contributed by atoms with E-state index in [0.29, 0.717) is 22.4 Å². The Labute approximate surface area is 200 Å². The zero-order valence-corrected chi connectivity index (χ0v) is 19.4. The number of thioether (sulfide) groups is 1. The number of nitrogens with one attached hydrogen (secondary N) is 1. The molecule has 0 fully saturated rings. The molecule has 0 aliphatic rings. The summed E-state index contributed by atoms with van der Waals surface area (Å²) in [5, 5.41) is 4.17. The number of hydrogen-bond donors (Lipinski definition) is 1. The molecule has 9 heteroatoms. The van der Waals surface area contributed by atoms with Gasteiger partial charge < -0.3 is 10.2 Å². The van der Waals surface area contributed by atoms with Gasteiger partial charge in [0, 0.05) is 41.5 Å². The van der Waals surface area contributed by atoms with Gasteiger partial charge in [-0.15, -0.1) is 0 Å². The Hall–Kier alpha value is -3.36. The van der Waals surface area contributed by atoms with E-state index in [1.807, 2.05) is 40.8 Å². The number of carbonyl (C=O) groups is 1. The first-order valence-corrected chi connectivity index (χ1v) is 11.5. The second-order valence-corrected chi connectivity index (χ2v) is 8.63. The summed E-state index contributed by atoms with van der Waals surface area (Å²) in [4.78, 5) is 23.0. The van der Waals surface area contributed by atoms with Crippen LogP contribution in [0, 0.1) is 5.82 Å². The van der Waals surface area contributed by atoms with Gasteiger partial charge in [-0.1, -0.05) is 23.4 Å². The highest BCUT2D eigenvalue weighted by molar-refractivity contribution is 7.99. The van der Waals surface area contributed by atoms with Crippen molar-refractivity contribution in [1.29, 1.82) is 0 Å². The number of aromatic nitrogens is 3. The minimum atomic E-state index is -0.276. The number of imidazole rings is 1. The zero-order chi connectivity index (χ0) is 23.2. The average molecular weight is 482 g/mol. The van der Waals surface area contributed by atoms with Crippen LogP contribution >= 0.6 is 23.4 Å². The van der Waals surface area contributed by atoms with E-state index < -0.39 is 0 Å². The number of amides is 1. The maximum atomic E-state index is 13.3. The van der Waals surface area contributed by atoms with Crippen LogP contribution in [0.4, 0.5) is 15.8 Å². The summed E-state index contributed by atoms with van der Waals surface area (Å²) >= 11 is 7.43. The van der Waals surface area contributed by atoms with E-state index in [1.165, 1.54) is 23.9 Å². The predicted octanol–water partition coefficient (Wildman–Crippen LogP) is 5.43. The molecule has 6 nitrogen and oxygen atoms in total. The topological polar surface area (TPSA) is 63.1 Å². The highest BCUT2D eigenvalue weighted by Gasteiger charge is 2.16. The second kappa shape index (κ2) is 10.5. The highest BCUT2D eigenvalue weighted by atomic mass is 35.5. The molecule has 2 aromatic carbocycles. The Morgan fingerprint density at radius 1 is 1.09 bits per heavy atom. The van der Waals surface area contributed by atoms with Crippen molar-refractivity contribution in [1.82, 2.24) is 14.5 Å². The van der Waals surface area contributed by atoms with Crippen molar-refractivity contribution in [3.63, 3.8) is 0 Å². The minimum absolute atomic E-state index is 0.137. The number of hydrogen-bond acceptors (Lipinski definition) is 5. The molecule has 4 aromatic rings. The predicted molar refractivity (Wildman–Crippen MR) is 131 cm³/mol. The number of halogens is 2. The van der Waals surface area contributed by atoms with Crippen molar-refractivity contribution >= 4 is 40.6 Å². The van der Waals surface area contributed by atoms with Crippen LogP contribution in [-0.4, -0.2) is 33.2 Å². The molecular formula is C24H21ClFN5OS. The average Bonchev–Trinajstić information content (AvgIpc) is 3.21. The van der Waals surface area contributed by atoms with Gasteiger partial charge in [-0.2, -0.15) is 0 Å². The first-order valence-electron chi connectivity index (χ1n) is 10.1. The van der Waals surface area contributed by atoms with Gasteiger partial charge in [-0.3, -0.25) is 14.3 Å². The van der Waals surface area contributed by atoms with Crippen LogP contribution < -0.4 is 10.2 Å². The van der Waals surface area contributed by atoms with Crippen molar-refractivity contribution in [2.24, 2.45) is 0 Å². The van der Waals surface area contributed by atoms with Crippen molar-refractivity contribution in [3.8, 4) is 5.69 Å². The van der Waals surface area contributed by atoms with Gasteiger partial charge in [0.25, 0.3) is 0 Å². The summed E-state index contributed by atoms with van der Waals surface area (Å²) in [5.74, 6) is -0.218. The lowest BCUT2D eigenvalue weighted by atomic mass is 10.2. The smallest absolute Gasteiger partial charge is 0.234 e. The van der Waals surface area contributed by atoms with Gasteiger partial charge in [-0.05, 0) is 60.7 Å². The Morgan fingerprint density at radius 3 is 2.48 bits per heavy atom. The van der Waals surface area contributed by atoms with Gasteiger partial charge in [0.05, 0.1) is 24.2 Å². The van der Waals surface area contributed by atoms with Crippen LogP contribution in [0.3, 0.4) is 0 Å². The van der Waals surface area contributed by atoms with E-state index in [1.54, 1.807) is 42.9 Å². The third-order valence-corrected chi connectivity index (χ3v) is 6.06. The Kier molecular flexibility index (Phi) is 7.26. The maximum Gasteiger partial charge on any atom is 0.234 e. The normalized spacial score (nSPS) is 10.8. The molecule has 0 spiro atoms. The fourth-order valence-electron chi connectivity index (χ4n) is 3.24. The molecule has 4 rings (SSSR count). The van der Waals surface area contributed by atoms with Gasteiger partial charge in [-0.25, -0.2) is 9.37 Å². The fraction of sp³-hybridized carbons (Fsp3) is 0.125. The molecule has 0 saturated heterocycles. The molecule has 0 saturated carbocycles. The number of anilines is 2. The van der Waals surface area contributed by atoms with Crippen molar-refractivity contribution < 1.29 is 9.18 Å². The summed E-state index contributed by atoms with van der Waals surface area (Å²) in [6.45, 7) is 0.533. The largest absolute Gasteiger partial charge is 0.369 e. The van der Waals surface area contributed by atoms with Crippen molar-refractivity contribution in [2.45, 2.75) is 11.7 Å². The number of nitrogens with zero attached hydrogens (tertiary/aromatic N) is 4. The molecule has 0 radical (unpaired) electrons. The molecule has 0 aliphatic carbocycles. The lowest BCUT2D eigenvalue weighted by Gasteiger charge is -2.21. The highest BCUT2D eigenvalue weighted by Crippen LogP contribution is 2.26. The van der Waals surface area contributed by atoms with Crippen molar-refractivity contribution in [3.05, 3.63) is 95.8 Å². The second-order valence-electron chi connectivity index (χ2n) is 7.25. The number of rotatable bonds is 8. The van der Waals surface area contributed by atoms with Gasteiger partial charge in [0.1, 0.15) is 5.82 Å². The van der Waals surface area contributed by atoms with Gasteiger partial charge in [0.2, 0.25) is 5.91 Å². The van der Waals surface area contributed by atoms with Crippen LogP contribution in [0.25, 0.3) is 5.69 Å². The Balaban J connectivity index is 1.55. The standard InChI is InChI=1S/C24H21ClFN5OS/c1-30(20-8-4-18(26)5-9-20)15-22-14-28-24(31(22)21-6-2-17(25)3-7-21)33-16-23(32)29-19-10-12-27-13-11-19/h2-14H,15-16H2,1H3,(H,27,29,32). The summed E-state index contributed by atoms with van der Waals surface area (Å²) in [6, 6.07) is 17.3. The molecule has 33 heavy (non-hydrogen) atoms. The molecule has 0 aliphatic heterocycles. The molecule has 0 unspecified atom stereocenters. The zero-order valence-electron chi connectivity index (χ0n) is 17.8. The van der Waals surface area contributed by atoms with Gasteiger partial charge in [0.15, 0.2) is 5.16 Å². The van der Waals surface area contributed by atoms with E-state index in [0.717, 1.165) is 17.1 Å². The quantitative estimate of drug-likeness (QED) is 0.340. The summed E-state index contributed by atoms with van der Waals surface area (Å²) in [6.07, 6.45) is 5.04. The molecule has 0 bridgehead atoms. The first-order chi connectivity index (χ1) is 16.0. The number of pyridine rings is 1. The molecule has 168 valence electrons. The molecule has 0 atom stereocenters. The van der Waals surface area contributed by atoms with E-state index in [4.69, 9.17) is 11.6 Å². The van der Waals surface area contributed by atoms with E-state index >= 15 is 0 Å². The summed E-state index contributed by atoms with van der Waals surface area (Å²) in [7, 11) is 1.93. The fourth-order valence-corrected chi connectivity index (χ4v) is 4.18. The molecular weight excluding hydrogens is 461 g/mol. The van der Waals surface area contributed by atoms with Crippen LogP contribution in [0.15, 0.2) is 84.4 Å². The Morgan fingerprint density at radius 2 is 1.79 bits per heavy atom. The van der Waals surface area contributed by atoms with E-state index in [2.05, 4.69) is 15.3 Å². The first kappa shape index (κ1) is 22.8. The van der Waals surface area contributed by atoms with Crippen molar-refractivity contribution in [2.75, 3.05) is 23.0 Å². The van der Waals surface area contributed by atoms with Crippen LogP contribution in [-0.2, 0) is 11.3 Å². The number of benzene rings is 2. The SMILES string of the molecule is CN(Cc1cnc(SCC(=O)Nc2ccncc2)n1-c1ccc(Cl)cc1)c1ccc(F)cc1. The lowest BCUT2D eigenvalue weighted by Crippen LogP contribution is -2.19. The van der Waals surface area contributed by atoms with Crippen LogP contribution in [0.2, 0.25) is 5.02 Å². The third kappa shape index (κ3) is 5.91. The molecule has 1 N–H and O–H groups in total. The monoisotopic (exact) mass is 481 g/mol. The minimum Gasteiger partial charge on any atom is -0.369 e. The third-order valence-electron chi connectivity index (χ3n) is 4.85.